The molecule has 0 spiro atoms. The maximum Gasteiger partial charge on any atom is 0.100 e. The number of para-hydroxylation sites is 2. The molecular weight excluding hydrogens is 296 g/mol. The minimum atomic E-state index is 0.720. The number of rotatable bonds is 4. The van der Waals surface area contributed by atoms with Crippen molar-refractivity contribution in [1.82, 2.24) is 0 Å². The highest BCUT2D eigenvalue weighted by atomic mass is 14.8. The maximum absolute atomic E-state index is 4.19. The smallest absolute Gasteiger partial charge is 0.100 e. The van der Waals surface area contributed by atoms with Gasteiger partial charge in [0.05, 0.1) is 22.7 Å². The molecule has 4 nitrogen and oxygen atoms in total. The summed E-state index contributed by atoms with van der Waals surface area (Å²) in [5, 5.41) is 0. The molecule has 114 valence electrons. The summed E-state index contributed by atoms with van der Waals surface area (Å²) >= 11 is 0. The summed E-state index contributed by atoms with van der Waals surface area (Å²) in [4.78, 5) is 16.7. The summed E-state index contributed by atoms with van der Waals surface area (Å²) in [6, 6.07) is 31.9. The van der Waals surface area contributed by atoms with Gasteiger partial charge in [-0.3, -0.25) is 0 Å². The Bertz CT molecular complexity index is 843. The number of nitrogens with zero attached hydrogens (tertiary/aromatic N) is 4. The molecule has 3 aromatic carbocycles. The highest BCUT2D eigenvalue weighted by molar-refractivity contribution is 5.63. The van der Waals surface area contributed by atoms with Crippen molar-refractivity contribution in [3.05, 3.63) is 84.9 Å². The number of hydrogen-bond acceptors (Lipinski definition) is 4. The van der Waals surface area contributed by atoms with Crippen LogP contribution in [0.15, 0.2) is 105 Å². The Morgan fingerprint density at radius 1 is 0.417 bits per heavy atom. The average Bonchev–Trinajstić information content (AvgIpc) is 2.64. The monoisotopic (exact) mass is 310 g/mol. The van der Waals surface area contributed by atoms with E-state index in [9.17, 15) is 0 Å². The number of hydrogen-bond donors (Lipinski definition) is 0. The van der Waals surface area contributed by atoms with Crippen molar-refractivity contribution in [2.45, 2.75) is 0 Å². The lowest BCUT2D eigenvalue weighted by molar-refractivity contribution is 1.46. The molecule has 24 heavy (non-hydrogen) atoms. The zero-order valence-electron chi connectivity index (χ0n) is 12.9. The van der Waals surface area contributed by atoms with Crippen molar-refractivity contribution in [2.75, 3.05) is 0 Å². The summed E-state index contributed by atoms with van der Waals surface area (Å²) in [6.45, 7) is 0. The molecule has 0 unspecified atom stereocenters. The lowest BCUT2D eigenvalue weighted by Gasteiger charge is -1.92. The Hall–Kier alpha value is -3.58. The molecule has 0 aliphatic carbocycles. The third-order valence-electron chi connectivity index (χ3n) is 3.06. The zero-order chi connectivity index (χ0) is 16.5. The Labute approximate surface area is 140 Å². The molecule has 0 saturated carbocycles. The molecule has 0 aliphatic rings. The summed E-state index contributed by atoms with van der Waals surface area (Å²) < 4.78 is 0. The first-order valence-corrected chi connectivity index (χ1v) is 7.43. The second-order valence-corrected chi connectivity index (χ2v) is 4.84. The van der Waals surface area contributed by atoms with Crippen molar-refractivity contribution in [3.63, 3.8) is 0 Å². The van der Waals surface area contributed by atoms with Gasteiger partial charge in [-0.05, 0) is 42.5 Å². The van der Waals surface area contributed by atoms with Gasteiger partial charge >= 0.3 is 0 Å². The predicted molar refractivity (Wildman–Crippen MR) is 97.7 cm³/mol. The van der Waals surface area contributed by atoms with Gasteiger partial charge in [-0.25, -0.2) is 0 Å². The van der Waals surface area contributed by atoms with E-state index in [1.54, 1.807) is 0 Å². The quantitative estimate of drug-likeness (QED) is 0.534. The van der Waals surface area contributed by atoms with Crippen molar-refractivity contribution in [2.24, 2.45) is 20.0 Å². The summed E-state index contributed by atoms with van der Waals surface area (Å²) in [6.07, 6.45) is 0. The molecule has 0 bridgehead atoms. The van der Waals surface area contributed by atoms with Gasteiger partial charge in [0.1, 0.15) is 12.0 Å². The number of benzene rings is 3. The van der Waals surface area contributed by atoms with Gasteiger partial charge in [0.15, 0.2) is 0 Å². The Kier molecular flexibility index (Phi) is 5.21. The van der Waals surface area contributed by atoms with E-state index in [0.29, 0.717) is 0 Å². The van der Waals surface area contributed by atoms with Crippen LogP contribution in [0, 0.1) is 0 Å². The van der Waals surface area contributed by atoms with Crippen LogP contribution in [0.4, 0.5) is 22.7 Å². The molecule has 0 fully saturated rings. The van der Waals surface area contributed by atoms with Crippen molar-refractivity contribution < 1.29 is 0 Å². The SMILES string of the molecule is C(=Nc1ccccc1)=Nc1cccc(N=C=Nc2ccccc2)c1. The first-order valence-electron chi connectivity index (χ1n) is 7.43. The van der Waals surface area contributed by atoms with E-state index in [1.807, 2.05) is 84.9 Å². The lowest BCUT2D eigenvalue weighted by Crippen LogP contribution is -1.67. The van der Waals surface area contributed by atoms with Crippen LogP contribution in [0.25, 0.3) is 0 Å². The van der Waals surface area contributed by atoms with Gasteiger partial charge in [0.25, 0.3) is 0 Å². The van der Waals surface area contributed by atoms with Gasteiger partial charge in [-0.1, -0.05) is 42.5 Å². The van der Waals surface area contributed by atoms with Crippen molar-refractivity contribution >= 4 is 34.8 Å². The molecule has 0 aromatic heterocycles. The molecule has 0 atom stereocenters. The molecular formula is C20H14N4. The fourth-order valence-corrected chi connectivity index (χ4v) is 1.92. The van der Waals surface area contributed by atoms with E-state index in [4.69, 9.17) is 0 Å². The van der Waals surface area contributed by atoms with E-state index in [1.165, 1.54) is 0 Å². The first kappa shape index (κ1) is 15.3. The highest BCUT2D eigenvalue weighted by Crippen LogP contribution is 2.19. The van der Waals surface area contributed by atoms with Crippen LogP contribution in [0.1, 0.15) is 0 Å². The summed E-state index contributed by atoms with van der Waals surface area (Å²) in [5.74, 6) is 0. The second-order valence-electron chi connectivity index (χ2n) is 4.84. The molecule has 0 N–H and O–H groups in total. The van der Waals surface area contributed by atoms with E-state index in [2.05, 4.69) is 32.0 Å². The lowest BCUT2D eigenvalue weighted by atomic mass is 10.3. The van der Waals surface area contributed by atoms with Crippen LogP contribution in [-0.2, 0) is 0 Å². The minimum absolute atomic E-state index is 0.720. The molecule has 3 aromatic rings. The minimum Gasteiger partial charge on any atom is -0.188 e. The normalized spacial score (nSPS) is 9.33. The summed E-state index contributed by atoms with van der Waals surface area (Å²) in [5.41, 5.74) is 3.06. The second kappa shape index (κ2) is 8.16. The third kappa shape index (κ3) is 4.72. The number of aliphatic imine (C=N–C) groups is 4. The van der Waals surface area contributed by atoms with Crippen LogP contribution in [0.5, 0.6) is 0 Å². The summed E-state index contributed by atoms with van der Waals surface area (Å²) in [7, 11) is 0. The predicted octanol–water partition coefficient (Wildman–Crippen LogP) is 5.96. The Balaban J connectivity index is 1.75. The fraction of sp³-hybridized carbons (Fsp3) is 0. The molecule has 0 saturated heterocycles. The van der Waals surface area contributed by atoms with E-state index < -0.39 is 0 Å². The van der Waals surface area contributed by atoms with Crippen molar-refractivity contribution in [1.29, 1.82) is 0 Å². The van der Waals surface area contributed by atoms with E-state index >= 15 is 0 Å². The Morgan fingerprint density at radius 2 is 0.792 bits per heavy atom. The standard InChI is InChI=1S/C20H14N4/c1-3-8-17(9-4-1)21-15-23-19-12-7-13-20(14-19)24-16-22-18-10-5-2-6-11-18/h1-14H. The molecule has 0 amide bonds. The molecule has 0 radical (unpaired) electrons. The molecule has 3 rings (SSSR count). The van der Waals surface area contributed by atoms with Gasteiger partial charge in [0, 0.05) is 0 Å². The average molecular weight is 310 g/mol. The van der Waals surface area contributed by atoms with Gasteiger partial charge in [-0.2, -0.15) is 20.0 Å². The maximum atomic E-state index is 4.19. The first-order chi connectivity index (χ1) is 11.9. The fourth-order valence-electron chi connectivity index (χ4n) is 1.92. The van der Waals surface area contributed by atoms with Crippen molar-refractivity contribution in [3.8, 4) is 0 Å². The van der Waals surface area contributed by atoms with Crippen LogP contribution >= 0.6 is 0 Å². The van der Waals surface area contributed by atoms with E-state index in [-0.39, 0.29) is 0 Å². The van der Waals surface area contributed by atoms with Crippen LogP contribution in [0.3, 0.4) is 0 Å². The molecule has 0 heterocycles. The highest BCUT2D eigenvalue weighted by Gasteiger charge is 1.91. The van der Waals surface area contributed by atoms with Gasteiger partial charge < -0.3 is 0 Å². The van der Waals surface area contributed by atoms with Crippen LogP contribution < -0.4 is 0 Å². The Morgan fingerprint density at radius 3 is 1.25 bits per heavy atom. The molecule has 4 heteroatoms. The largest absolute Gasteiger partial charge is 0.188 e. The molecule has 0 aliphatic heterocycles. The van der Waals surface area contributed by atoms with E-state index in [0.717, 1.165) is 22.7 Å². The van der Waals surface area contributed by atoms with Crippen LogP contribution in [0.2, 0.25) is 0 Å². The van der Waals surface area contributed by atoms with Gasteiger partial charge in [0.2, 0.25) is 0 Å². The topological polar surface area (TPSA) is 49.4 Å². The van der Waals surface area contributed by atoms with Crippen LogP contribution in [-0.4, -0.2) is 12.0 Å². The zero-order valence-corrected chi connectivity index (χ0v) is 12.9. The van der Waals surface area contributed by atoms with Gasteiger partial charge in [-0.15, -0.1) is 0 Å². The third-order valence-corrected chi connectivity index (χ3v) is 3.06.